The lowest BCUT2D eigenvalue weighted by molar-refractivity contribution is 0.0980. The molecule has 2 aromatic rings. The number of carbonyl (C=O) groups is 1. The molecule has 2 aromatic carbocycles. The zero-order valence-corrected chi connectivity index (χ0v) is 10.9. The number of aliphatic hydroxyl groups excluding tert-OH is 1. The monoisotopic (exact) mass is 272 g/mol. The van der Waals surface area contributed by atoms with Crippen molar-refractivity contribution in [3.8, 4) is 5.75 Å². The summed E-state index contributed by atoms with van der Waals surface area (Å²) >= 11 is 0. The third-order valence-corrected chi connectivity index (χ3v) is 2.89. The minimum Gasteiger partial charge on any atom is -0.508 e. The van der Waals surface area contributed by atoms with Crippen LogP contribution in [-0.4, -0.2) is 29.3 Å². The van der Waals surface area contributed by atoms with Crippen LogP contribution in [0.2, 0.25) is 0 Å². The van der Waals surface area contributed by atoms with Gasteiger partial charge in [0.1, 0.15) is 5.75 Å². The molecular formula is C15H16N2O3. The molecule has 20 heavy (non-hydrogen) atoms. The highest BCUT2D eigenvalue weighted by Crippen LogP contribution is 2.24. The Labute approximate surface area is 116 Å². The summed E-state index contributed by atoms with van der Waals surface area (Å²) < 4.78 is 0. The van der Waals surface area contributed by atoms with Crippen molar-refractivity contribution >= 4 is 17.3 Å². The number of anilines is 2. The molecule has 0 spiro atoms. The molecule has 0 heterocycles. The fourth-order valence-electron chi connectivity index (χ4n) is 1.96. The van der Waals surface area contributed by atoms with Gasteiger partial charge in [-0.1, -0.05) is 18.2 Å². The molecule has 1 amide bonds. The smallest absolute Gasteiger partial charge is 0.258 e. The summed E-state index contributed by atoms with van der Waals surface area (Å²) in [4.78, 5) is 13.9. The largest absolute Gasteiger partial charge is 0.508 e. The van der Waals surface area contributed by atoms with E-state index < -0.39 is 0 Å². The molecule has 0 aliphatic carbocycles. The first-order chi connectivity index (χ1) is 9.63. The molecule has 104 valence electrons. The molecule has 0 fully saturated rings. The summed E-state index contributed by atoms with van der Waals surface area (Å²) in [5.41, 5.74) is 7.20. The molecular weight excluding hydrogens is 256 g/mol. The number of aromatic hydroxyl groups is 1. The van der Waals surface area contributed by atoms with Gasteiger partial charge < -0.3 is 20.8 Å². The molecule has 0 unspecified atom stereocenters. The van der Waals surface area contributed by atoms with Gasteiger partial charge >= 0.3 is 0 Å². The van der Waals surface area contributed by atoms with E-state index in [0.29, 0.717) is 16.9 Å². The lowest BCUT2D eigenvalue weighted by atomic mass is 10.1. The van der Waals surface area contributed by atoms with Gasteiger partial charge in [-0.3, -0.25) is 4.79 Å². The van der Waals surface area contributed by atoms with Crippen molar-refractivity contribution in [1.29, 1.82) is 0 Å². The highest BCUT2D eigenvalue weighted by Gasteiger charge is 2.19. The molecule has 0 saturated heterocycles. The van der Waals surface area contributed by atoms with Crippen molar-refractivity contribution in [3.63, 3.8) is 0 Å². The zero-order valence-electron chi connectivity index (χ0n) is 10.9. The average molecular weight is 272 g/mol. The van der Waals surface area contributed by atoms with Crippen molar-refractivity contribution in [1.82, 2.24) is 0 Å². The number of carbonyl (C=O) groups excluding carboxylic acids is 1. The van der Waals surface area contributed by atoms with Gasteiger partial charge in [-0.15, -0.1) is 0 Å². The molecule has 5 heteroatoms. The van der Waals surface area contributed by atoms with Crippen LogP contribution in [0, 0.1) is 0 Å². The van der Waals surface area contributed by atoms with Gasteiger partial charge in [-0.05, 0) is 30.3 Å². The Balaban J connectivity index is 2.39. The van der Waals surface area contributed by atoms with Crippen LogP contribution in [0.3, 0.4) is 0 Å². The number of hydrogen-bond acceptors (Lipinski definition) is 4. The number of nitrogens with zero attached hydrogens (tertiary/aromatic N) is 1. The summed E-state index contributed by atoms with van der Waals surface area (Å²) in [7, 11) is 0. The highest BCUT2D eigenvalue weighted by atomic mass is 16.3. The van der Waals surface area contributed by atoms with Crippen molar-refractivity contribution in [2.75, 3.05) is 23.8 Å². The number of amides is 1. The maximum absolute atomic E-state index is 12.5. The molecule has 0 radical (unpaired) electrons. The molecule has 0 bridgehead atoms. The summed E-state index contributed by atoms with van der Waals surface area (Å²) in [5, 5.41) is 18.6. The predicted molar refractivity (Wildman–Crippen MR) is 77.7 cm³/mol. The van der Waals surface area contributed by atoms with Gasteiger partial charge in [-0.2, -0.15) is 0 Å². The number of aliphatic hydroxyl groups is 1. The lowest BCUT2D eigenvalue weighted by Gasteiger charge is -2.23. The van der Waals surface area contributed by atoms with Crippen LogP contribution in [0.25, 0.3) is 0 Å². The molecule has 0 aromatic heterocycles. The first kappa shape index (κ1) is 13.9. The number of hydrogen-bond donors (Lipinski definition) is 3. The first-order valence-corrected chi connectivity index (χ1v) is 6.19. The minimum atomic E-state index is -0.326. The van der Waals surface area contributed by atoms with Crippen molar-refractivity contribution < 1.29 is 15.0 Å². The van der Waals surface area contributed by atoms with E-state index in [1.54, 1.807) is 36.4 Å². The standard InChI is InChI=1S/C15H16N2O3/c16-13-6-1-2-7-14(13)17(8-9-18)15(20)11-4-3-5-12(19)10-11/h1-7,10,18-19H,8-9,16H2. The zero-order chi connectivity index (χ0) is 14.5. The van der Waals surface area contributed by atoms with E-state index >= 15 is 0 Å². The number of phenols is 1. The predicted octanol–water partition coefficient (Wildman–Crippen LogP) is 1.61. The van der Waals surface area contributed by atoms with Crippen LogP contribution in [0.4, 0.5) is 11.4 Å². The Kier molecular flexibility index (Phi) is 4.22. The van der Waals surface area contributed by atoms with E-state index in [9.17, 15) is 9.90 Å². The van der Waals surface area contributed by atoms with E-state index in [4.69, 9.17) is 10.8 Å². The number of para-hydroxylation sites is 2. The van der Waals surface area contributed by atoms with Gasteiger partial charge in [0, 0.05) is 12.1 Å². The topological polar surface area (TPSA) is 86.8 Å². The van der Waals surface area contributed by atoms with Crippen molar-refractivity contribution in [2.45, 2.75) is 0 Å². The normalized spacial score (nSPS) is 10.2. The summed E-state index contributed by atoms with van der Waals surface area (Å²) in [6, 6.07) is 13.0. The maximum atomic E-state index is 12.5. The number of nitrogen functional groups attached to an aromatic ring is 1. The van der Waals surface area contributed by atoms with Gasteiger partial charge in [-0.25, -0.2) is 0 Å². The van der Waals surface area contributed by atoms with Crippen LogP contribution in [0.5, 0.6) is 5.75 Å². The van der Waals surface area contributed by atoms with E-state index in [0.717, 1.165) is 0 Å². The third kappa shape index (κ3) is 2.89. The van der Waals surface area contributed by atoms with Crippen LogP contribution < -0.4 is 10.6 Å². The summed E-state index contributed by atoms with van der Waals surface area (Å²) in [5.74, 6) is -0.311. The Morgan fingerprint density at radius 2 is 1.90 bits per heavy atom. The van der Waals surface area contributed by atoms with Crippen LogP contribution >= 0.6 is 0 Å². The quantitative estimate of drug-likeness (QED) is 0.738. The average Bonchev–Trinajstić information content (AvgIpc) is 2.45. The lowest BCUT2D eigenvalue weighted by Crippen LogP contribution is -2.34. The molecule has 2 rings (SSSR count). The number of phenolic OH excluding ortho intramolecular Hbond substituents is 1. The fourth-order valence-corrected chi connectivity index (χ4v) is 1.96. The van der Waals surface area contributed by atoms with Crippen LogP contribution in [0.1, 0.15) is 10.4 Å². The summed E-state index contributed by atoms with van der Waals surface area (Å²) in [6.07, 6.45) is 0. The van der Waals surface area contributed by atoms with E-state index in [1.807, 2.05) is 0 Å². The highest BCUT2D eigenvalue weighted by molar-refractivity contribution is 6.07. The Morgan fingerprint density at radius 3 is 2.55 bits per heavy atom. The van der Waals surface area contributed by atoms with Gasteiger partial charge in [0.15, 0.2) is 0 Å². The van der Waals surface area contributed by atoms with E-state index in [2.05, 4.69) is 0 Å². The number of rotatable bonds is 4. The van der Waals surface area contributed by atoms with Crippen molar-refractivity contribution in [2.24, 2.45) is 0 Å². The summed E-state index contributed by atoms with van der Waals surface area (Å²) in [6.45, 7) is -0.0540. The van der Waals surface area contributed by atoms with Gasteiger partial charge in [0.2, 0.25) is 0 Å². The molecule has 4 N–H and O–H groups in total. The van der Waals surface area contributed by atoms with Gasteiger partial charge in [0.05, 0.1) is 18.0 Å². The Bertz CT molecular complexity index is 614. The van der Waals surface area contributed by atoms with Gasteiger partial charge in [0.25, 0.3) is 5.91 Å². The first-order valence-electron chi connectivity index (χ1n) is 6.19. The second-order valence-electron chi connectivity index (χ2n) is 4.29. The molecule has 0 aliphatic rings. The second-order valence-corrected chi connectivity index (χ2v) is 4.29. The fraction of sp³-hybridized carbons (Fsp3) is 0.133. The number of nitrogens with two attached hydrogens (primary N) is 1. The third-order valence-electron chi connectivity index (χ3n) is 2.89. The van der Waals surface area contributed by atoms with E-state index in [1.165, 1.54) is 17.0 Å². The minimum absolute atomic E-state index is 0.0147. The second kappa shape index (κ2) is 6.08. The Morgan fingerprint density at radius 1 is 1.15 bits per heavy atom. The maximum Gasteiger partial charge on any atom is 0.258 e. The molecule has 0 saturated carbocycles. The SMILES string of the molecule is Nc1ccccc1N(CCO)C(=O)c1cccc(O)c1. The molecule has 0 atom stereocenters. The number of benzene rings is 2. The van der Waals surface area contributed by atoms with Crippen LogP contribution in [-0.2, 0) is 0 Å². The molecule has 0 aliphatic heterocycles. The van der Waals surface area contributed by atoms with Crippen LogP contribution in [0.15, 0.2) is 48.5 Å². The Hall–Kier alpha value is -2.53. The van der Waals surface area contributed by atoms with Crippen molar-refractivity contribution in [3.05, 3.63) is 54.1 Å². The molecule has 5 nitrogen and oxygen atoms in total. The van der Waals surface area contributed by atoms with E-state index in [-0.39, 0.29) is 24.8 Å².